The minimum absolute atomic E-state index is 0. The summed E-state index contributed by atoms with van der Waals surface area (Å²) >= 11 is 0. The zero-order chi connectivity index (χ0) is 15.3. The molecule has 0 atom stereocenters. The first-order chi connectivity index (χ1) is 10.3. The molecule has 8 heteroatoms. The average Bonchev–Trinajstić information content (AvgIpc) is 2.51. The number of rotatable bonds is 8. The molecule has 0 unspecified atom stereocenters. The summed E-state index contributed by atoms with van der Waals surface area (Å²) in [5, 5.41) is 8.79. The number of aromatic nitrogens is 1. The number of hydrogen-bond donors (Lipinski definition) is 3. The first-order valence-corrected chi connectivity index (χ1v) is 6.94. The van der Waals surface area contributed by atoms with Crippen molar-refractivity contribution in [3.05, 3.63) is 30.1 Å². The lowest BCUT2D eigenvalue weighted by Crippen LogP contribution is -2.43. The van der Waals surface area contributed by atoms with E-state index in [9.17, 15) is 4.79 Å². The van der Waals surface area contributed by atoms with Gasteiger partial charge in [0.25, 0.3) is 0 Å². The minimum Gasteiger partial charge on any atom is -0.383 e. The van der Waals surface area contributed by atoms with Gasteiger partial charge in [-0.3, -0.25) is 9.78 Å². The van der Waals surface area contributed by atoms with Gasteiger partial charge >= 0.3 is 0 Å². The zero-order valence-electron chi connectivity index (χ0n) is 13.0. The van der Waals surface area contributed by atoms with Crippen molar-refractivity contribution >= 4 is 35.8 Å². The minimum atomic E-state index is -0.101. The highest BCUT2D eigenvalue weighted by molar-refractivity contribution is 14.0. The number of carbonyl (C=O) groups excluding carboxylic acids is 1. The number of aliphatic imine (C=N–C) groups is 1. The average molecular weight is 421 g/mol. The second kappa shape index (κ2) is 13.3. The Morgan fingerprint density at radius 1 is 1.32 bits per heavy atom. The lowest BCUT2D eigenvalue weighted by Gasteiger charge is -2.11. The number of amides is 1. The van der Waals surface area contributed by atoms with Crippen LogP contribution in [0.25, 0.3) is 0 Å². The number of nitrogens with zero attached hydrogens (tertiary/aromatic N) is 2. The monoisotopic (exact) mass is 421 g/mol. The first kappa shape index (κ1) is 20.6. The van der Waals surface area contributed by atoms with Crippen LogP contribution >= 0.6 is 24.0 Å². The Labute approximate surface area is 148 Å². The van der Waals surface area contributed by atoms with Crippen molar-refractivity contribution in [3.63, 3.8) is 0 Å². The molecule has 1 heterocycles. The van der Waals surface area contributed by atoms with E-state index < -0.39 is 0 Å². The molecule has 1 aromatic heterocycles. The number of ether oxygens (including phenoxy) is 1. The highest BCUT2D eigenvalue weighted by Crippen LogP contribution is 1.95. The van der Waals surface area contributed by atoms with Gasteiger partial charge < -0.3 is 20.7 Å². The van der Waals surface area contributed by atoms with Crippen LogP contribution in [0.4, 0.5) is 0 Å². The summed E-state index contributed by atoms with van der Waals surface area (Å²) in [7, 11) is 1.60. The molecule has 0 saturated carbocycles. The Bertz CT molecular complexity index is 442. The summed E-state index contributed by atoms with van der Waals surface area (Å²) in [4.78, 5) is 20.2. The topological polar surface area (TPSA) is 87.6 Å². The molecule has 22 heavy (non-hydrogen) atoms. The highest BCUT2D eigenvalue weighted by atomic mass is 127. The van der Waals surface area contributed by atoms with Crippen LogP contribution in [-0.2, 0) is 16.1 Å². The molecule has 7 nitrogen and oxygen atoms in total. The maximum atomic E-state index is 11.6. The highest BCUT2D eigenvalue weighted by Gasteiger charge is 2.03. The summed E-state index contributed by atoms with van der Waals surface area (Å²) < 4.78 is 4.87. The number of halogens is 1. The Kier molecular flexibility index (Phi) is 12.4. The number of nitrogens with one attached hydrogen (secondary N) is 3. The molecule has 0 aliphatic heterocycles. The Morgan fingerprint density at radius 2 is 2.14 bits per heavy atom. The summed E-state index contributed by atoms with van der Waals surface area (Å²) in [5.74, 6) is 0.487. The van der Waals surface area contributed by atoms with Crippen LogP contribution in [0.2, 0.25) is 0 Å². The molecule has 0 fully saturated rings. The molecule has 0 bridgehead atoms. The quantitative estimate of drug-likeness (QED) is 0.247. The fraction of sp³-hybridized carbons (Fsp3) is 0.500. The van der Waals surface area contributed by atoms with Crippen LogP contribution in [-0.4, -0.2) is 50.2 Å². The molecule has 0 aromatic carbocycles. The van der Waals surface area contributed by atoms with Gasteiger partial charge in [0.05, 0.1) is 25.4 Å². The van der Waals surface area contributed by atoms with E-state index in [0.717, 1.165) is 12.2 Å². The van der Waals surface area contributed by atoms with E-state index in [1.807, 2.05) is 25.1 Å². The Hall–Kier alpha value is -1.42. The van der Waals surface area contributed by atoms with E-state index >= 15 is 0 Å². The van der Waals surface area contributed by atoms with Crippen molar-refractivity contribution in [2.45, 2.75) is 13.5 Å². The molecular weight excluding hydrogens is 397 g/mol. The van der Waals surface area contributed by atoms with Gasteiger partial charge in [0, 0.05) is 26.4 Å². The van der Waals surface area contributed by atoms with Crippen LogP contribution in [0.15, 0.2) is 29.4 Å². The van der Waals surface area contributed by atoms with Crippen molar-refractivity contribution in [3.8, 4) is 0 Å². The van der Waals surface area contributed by atoms with Gasteiger partial charge in [-0.2, -0.15) is 0 Å². The van der Waals surface area contributed by atoms with Gasteiger partial charge in [-0.15, -0.1) is 24.0 Å². The molecule has 0 aliphatic carbocycles. The largest absolute Gasteiger partial charge is 0.383 e. The second-order valence-electron chi connectivity index (χ2n) is 4.21. The van der Waals surface area contributed by atoms with Crippen molar-refractivity contribution in [1.82, 2.24) is 20.9 Å². The van der Waals surface area contributed by atoms with E-state index in [-0.39, 0.29) is 36.4 Å². The third kappa shape index (κ3) is 9.50. The van der Waals surface area contributed by atoms with Crippen molar-refractivity contribution in [1.29, 1.82) is 0 Å². The number of carbonyl (C=O) groups is 1. The Morgan fingerprint density at radius 3 is 2.77 bits per heavy atom. The summed E-state index contributed by atoms with van der Waals surface area (Å²) in [6.45, 7) is 4.31. The smallest absolute Gasteiger partial charge is 0.239 e. The van der Waals surface area contributed by atoms with Crippen molar-refractivity contribution < 1.29 is 9.53 Å². The normalized spacial score (nSPS) is 10.5. The van der Waals surface area contributed by atoms with Gasteiger partial charge in [0.1, 0.15) is 0 Å². The lowest BCUT2D eigenvalue weighted by molar-refractivity contribution is -0.120. The predicted molar refractivity (Wildman–Crippen MR) is 97.4 cm³/mol. The lowest BCUT2D eigenvalue weighted by atomic mass is 10.3. The van der Waals surface area contributed by atoms with Gasteiger partial charge in [-0.25, -0.2) is 4.99 Å². The molecule has 0 spiro atoms. The van der Waals surface area contributed by atoms with Gasteiger partial charge in [-0.1, -0.05) is 6.07 Å². The van der Waals surface area contributed by atoms with E-state index in [2.05, 4.69) is 25.9 Å². The number of methoxy groups -OCH3 is 1. The van der Waals surface area contributed by atoms with E-state index in [1.54, 1.807) is 13.3 Å². The first-order valence-electron chi connectivity index (χ1n) is 6.94. The molecule has 0 radical (unpaired) electrons. The molecule has 1 amide bonds. The van der Waals surface area contributed by atoms with Crippen LogP contribution in [0, 0.1) is 0 Å². The van der Waals surface area contributed by atoms with Crippen LogP contribution in [0.5, 0.6) is 0 Å². The maximum absolute atomic E-state index is 11.6. The third-order valence-corrected chi connectivity index (χ3v) is 2.51. The second-order valence-corrected chi connectivity index (χ2v) is 4.21. The third-order valence-electron chi connectivity index (χ3n) is 2.51. The SMILES string of the molecule is CCNC(=NCc1ccccn1)NCC(=O)NCCOC.I. The number of guanidine groups is 1. The maximum Gasteiger partial charge on any atom is 0.239 e. The van der Waals surface area contributed by atoms with Crippen LogP contribution in [0.1, 0.15) is 12.6 Å². The summed E-state index contributed by atoms with van der Waals surface area (Å²) in [6.07, 6.45) is 1.73. The number of hydrogen-bond acceptors (Lipinski definition) is 4. The number of pyridine rings is 1. The Balaban J connectivity index is 0.00000441. The van der Waals surface area contributed by atoms with E-state index in [4.69, 9.17) is 4.74 Å². The van der Waals surface area contributed by atoms with Crippen LogP contribution in [0.3, 0.4) is 0 Å². The molecule has 0 aliphatic rings. The standard InChI is InChI=1S/C14H23N5O2.HI/c1-3-15-14(18-10-12-6-4-5-7-16-12)19-11-13(20)17-8-9-21-2;/h4-7H,3,8-11H2,1-2H3,(H,17,20)(H2,15,18,19);1H. The fourth-order valence-corrected chi connectivity index (χ4v) is 1.51. The van der Waals surface area contributed by atoms with Gasteiger partial charge in [-0.05, 0) is 19.1 Å². The molecule has 1 aromatic rings. The fourth-order valence-electron chi connectivity index (χ4n) is 1.51. The zero-order valence-corrected chi connectivity index (χ0v) is 15.3. The van der Waals surface area contributed by atoms with Crippen LogP contribution < -0.4 is 16.0 Å². The summed E-state index contributed by atoms with van der Waals surface area (Å²) in [5.41, 5.74) is 0.874. The molecule has 1 rings (SSSR count). The molecule has 124 valence electrons. The molecule has 3 N–H and O–H groups in total. The van der Waals surface area contributed by atoms with Crippen molar-refractivity contribution in [2.24, 2.45) is 4.99 Å². The van der Waals surface area contributed by atoms with E-state index in [1.165, 1.54) is 0 Å². The molecule has 0 saturated heterocycles. The predicted octanol–water partition coefficient (Wildman–Crippen LogP) is 0.517. The van der Waals surface area contributed by atoms with Gasteiger partial charge in [0.15, 0.2) is 5.96 Å². The molecular formula is C14H24IN5O2. The summed E-state index contributed by atoms with van der Waals surface area (Å²) in [6, 6.07) is 5.69. The van der Waals surface area contributed by atoms with E-state index in [0.29, 0.717) is 25.7 Å². The van der Waals surface area contributed by atoms with Gasteiger partial charge in [0.2, 0.25) is 5.91 Å². The van der Waals surface area contributed by atoms with Crippen molar-refractivity contribution in [2.75, 3.05) is 33.4 Å².